The van der Waals surface area contributed by atoms with Crippen LogP contribution in [0.3, 0.4) is 0 Å². The van der Waals surface area contributed by atoms with Gasteiger partial charge in [0.1, 0.15) is 0 Å². The normalized spacial score (nSPS) is 12.3. The molecule has 7 nitrogen and oxygen atoms in total. The van der Waals surface area contributed by atoms with Gasteiger partial charge >= 0.3 is 6.01 Å². The Kier molecular flexibility index (Phi) is 8.48. The highest BCUT2D eigenvalue weighted by Crippen LogP contribution is 2.10. The first kappa shape index (κ1) is 19.8. The van der Waals surface area contributed by atoms with Crippen LogP contribution in [0.1, 0.15) is 44.4 Å². The molecule has 2 N–H and O–H groups in total. The van der Waals surface area contributed by atoms with Gasteiger partial charge in [0.2, 0.25) is 5.95 Å². The van der Waals surface area contributed by atoms with Crippen molar-refractivity contribution in [3.05, 3.63) is 42.0 Å². The average Bonchev–Trinajstić information content (AvgIpc) is 2.66. The van der Waals surface area contributed by atoms with Crippen molar-refractivity contribution in [1.82, 2.24) is 19.9 Å². The monoisotopic (exact) mass is 357 g/mol. The number of hydrogen-bond donors (Lipinski definition) is 2. The van der Waals surface area contributed by atoms with Crippen LogP contribution in [-0.2, 0) is 6.42 Å². The summed E-state index contributed by atoms with van der Waals surface area (Å²) in [6.45, 7) is 5.25. The first-order chi connectivity index (χ1) is 12.7. The number of nitrogens with zero attached hydrogens (tertiary/aromatic N) is 4. The number of unbranched alkanes of at least 4 members (excludes halogenated alkanes) is 1. The predicted molar refractivity (Wildman–Crippen MR) is 102 cm³/mol. The number of aryl methyl sites for hydroxylation is 1. The molecule has 0 aliphatic rings. The lowest BCUT2D eigenvalue weighted by Crippen LogP contribution is -2.04. The zero-order chi connectivity index (χ0) is 18.6. The van der Waals surface area contributed by atoms with E-state index in [9.17, 15) is 5.11 Å². The van der Waals surface area contributed by atoms with Crippen molar-refractivity contribution in [2.45, 2.75) is 45.6 Å². The number of aromatic nitrogens is 4. The first-order valence-corrected chi connectivity index (χ1v) is 9.08. The van der Waals surface area contributed by atoms with Gasteiger partial charge in [-0.2, -0.15) is 0 Å². The highest BCUT2D eigenvalue weighted by Gasteiger charge is 2.02. The largest absolute Gasteiger partial charge is 0.464 e. The van der Waals surface area contributed by atoms with E-state index < -0.39 is 6.10 Å². The number of hydrogen-bond acceptors (Lipinski definition) is 7. The summed E-state index contributed by atoms with van der Waals surface area (Å²) in [6, 6.07) is 2.30. The van der Waals surface area contributed by atoms with Crippen LogP contribution in [0.5, 0.6) is 6.01 Å². The van der Waals surface area contributed by atoms with Crippen LogP contribution in [0, 0.1) is 0 Å². The van der Waals surface area contributed by atoms with Crippen molar-refractivity contribution in [2.24, 2.45) is 0 Å². The van der Waals surface area contributed by atoms with E-state index in [2.05, 4.69) is 25.3 Å². The summed E-state index contributed by atoms with van der Waals surface area (Å²) in [5.74, 6) is 0.672. The highest BCUT2D eigenvalue weighted by atomic mass is 16.5. The lowest BCUT2D eigenvalue weighted by atomic mass is 10.1. The molecule has 0 aromatic carbocycles. The van der Waals surface area contributed by atoms with Gasteiger partial charge in [0.25, 0.3) is 0 Å². The molecule has 2 aromatic heterocycles. The molecule has 26 heavy (non-hydrogen) atoms. The summed E-state index contributed by atoms with van der Waals surface area (Å²) >= 11 is 0. The minimum Gasteiger partial charge on any atom is -0.464 e. The molecule has 0 amide bonds. The number of anilines is 1. The third-order valence-electron chi connectivity index (χ3n) is 3.66. The van der Waals surface area contributed by atoms with Gasteiger partial charge in [0.05, 0.1) is 12.7 Å². The number of nitrogens with one attached hydrogen (secondary N) is 1. The molecule has 0 saturated carbocycles. The SMILES string of the molecule is CCNc1nccc(CCCCC(O)C=Cc2cnc(OCC)nc2)n1. The molecule has 140 valence electrons. The molecular formula is C19H27N5O2. The second-order valence-corrected chi connectivity index (χ2v) is 5.81. The van der Waals surface area contributed by atoms with Crippen molar-refractivity contribution < 1.29 is 9.84 Å². The number of ether oxygens (including phenoxy) is 1. The summed E-state index contributed by atoms with van der Waals surface area (Å²) in [5.41, 5.74) is 1.86. The van der Waals surface area contributed by atoms with Crippen LogP contribution in [-0.4, -0.2) is 44.3 Å². The molecule has 0 radical (unpaired) electrons. The molecule has 0 aliphatic heterocycles. The molecule has 1 atom stereocenters. The lowest BCUT2D eigenvalue weighted by Gasteiger charge is -2.06. The van der Waals surface area contributed by atoms with Crippen LogP contribution in [0.2, 0.25) is 0 Å². The van der Waals surface area contributed by atoms with Gasteiger partial charge in [0.15, 0.2) is 0 Å². The third-order valence-corrected chi connectivity index (χ3v) is 3.66. The third kappa shape index (κ3) is 7.14. The van der Waals surface area contributed by atoms with E-state index in [-0.39, 0.29) is 0 Å². The molecule has 1 unspecified atom stereocenters. The van der Waals surface area contributed by atoms with Crippen molar-refractivity contribution in [1.29, 1.82) is 0 Å². The van der Waals surface area contributed by atoms with Crippen LogP contribution in [0.4, 0.5) is 5.95 Å². The molecule has 0 spiro atoms. The van der Waals surface area contributed by atoms with Crippen LogP contribution in [0.15, 0.2) is 30.7 Å². The zero-order valence-corrected chi connectivity index (χ0v) is 15.4. The van der Waals surface area contributed by atoms with E-state index in [1.165, 1.54) is 0 Å². The van der Waals surface area contributed by atoms with Gasteiger partial charge in [-0.15, -0.1) is 0 Å². The molecular weight excluding hydrogens is 330 g/mol. The molecule has 2 heterocycles. The maximum absolute atomic E-state index is 10.1. The Hall–Kier alpha value is -2.54. The van der Waals surface area contributed by atoms with Crippen molar-refractivity contribution in [3.63, 3.8) is 0 Å². The quantitative estimate of drug-likeness (QED) is 0.597. The van der Waals surface area contributed by atoms with E-state index in [4.69, 9.17) is 4.74 Å². The van der Waals surface area contributed by atoms with E-state index in [1.54, 1.807) is 24.7 Å². The maximum atomic E-state index is 10.1. The zero-order valence-electron chi connectivity index (χ0n) is 15.4. The summed E-state index contributed by atoms with van der Waals surface area (Å²) in [7, 11) is 0. The van der Waals surface area contributed by atoms with E-state index in [1.807, 2.05) is 26.0 Å². The Morgan fingerprint density at radius 1 is 1.19 bits per heavy atom. The maximum Gasteiger partial charge on any atom is 0.316 e. The van der Waals surface area contributed by atoms with Crippen molar-refractivity contribution in [3.8, 4) is 6.01 Å². The van der Waals surface area contributed by atoms with Gasteiger partial charge in [0, 0.05) is 36.4 Å². The fourth-order valence-corrected chi connectivity index (χ4v) is 2.37. The number of aliphatic hydroxyl groups excluding tert-OH is 1. The van der Waals surface area contributed by atoms with E-state index >= 15 is 0 Å². The predicted octanol–water partition coefficient (Wildman–Crippen LogP) is 2.88. The first-order valence-electron chi connectivity index (χ1n) is 9.08. The second-order valence-electron chi connectivity index (χ2n) is 5.81. The Balaban J connectivity index is 1.69. The number of rotatable bonds is 11. The molecule has 0 bridgehead atoms. The Morgan fingerprint density at radius 3 is 2.73 bits per heavy atom. The minimum absolute atomic E-state index is 0.368. The average molecular weight is 357 g/mol. The van der Waals surface area contributed by atoms with Crippen molar-refractivity contribution in [2.75, 3.05) is 18.5 Å². The Labute approximate surface area is 154 Å². The van der Waals surface area contributed by atoms with Gasteiger partial charge in [-0.25, -0.2) is 19.9 Å². The minimum atomic E-state index is -0.482. The molecule has 2 rings (SSSR count). The van der Waals surface area contributed by atoms with Gasteiger partial charge in [-0.05, 0) is 39.2 Å². The van der Waals surface area contributed by atoms with Crippen LogP contribution >= 0.6 is 0 Å². The fourth-order valence-electron chi connectivity index (χ4n) is 2.37. The van der Waals surface area contributed by atoms with Gasteiger partial charge in [-0.1, -0.05) is 18.6 Å². The van der Waals surface area contributed by atoms with Crippen LogP contribution in [0.25, 0.3) is 6.08 Å². The molecule has 0 saturated heterocycles. The topological polar surface area (TPSA) is 93.1 Å². The Bertz CT molecular complexity index is 676. The fraction of sp³-hybridized carbons (Fsp3) is 0.474. The molecule has 0 fully saturated rings. The van der Waals surface area contributed by atoms with E-state index in [0.29, 0.717) is 25.0 Å². The van der Waals surface area contributed by atoms with Crippen LogP contribution < -0.4 is 10.1 Å². The van der Waals surface area contributed by atoms with E-state index in [0.717, 1.165) is 37.1 Å². The van der Waals surface area contributed by atoms with Gasteiger partial charge < -0.3 is 15.2 Å². The summed E-state index contributed by atoms with van der Waals surface area (Å²) in [5, 5.41) is 13.2. The number of aliphatic hydroxyl groups is 1. The molecule has 7 heteroatoms. The summed E-state index contributed by atoms with van der Waals surface area (Å²) < 4.78 is 5.20. The lowest BCUT2D eigenvalue weighted by molar-refractivity contribution is 0.209. The Morgan fingerprint density at radius 2 is 2.00 bits per heavy atom. The molecule has 0 aliphatic carbocycles. The standard InChI is InChI=1S/C19H27N5O2/c1-3-20-18-21-12-11-16(24-18)7-5-6-8-17(25)10-9-15-13-22-19(23-14-15)26-4-2/h9-14,17,25H,3-8H2,1-2H3,(H,20,21,24). The smallest absolute Gasteiger partial charge is 0.316 e. The highest BCUT2D eigenvalue weighted by molar-refractivity contribution is 5.47. The summed E-state index contributed by atoms with van der Waals surface area (Å²) in [6.07, 6.45) is 11.7. The van der Waals surface area contributed by atoms with Crippen molar-refractivity contribution >= 4 is 12.0 Å². The second kappa shape index (κ2) is 11.1. The summed E-state index contributed by atoms with van der Waals surface area (Å²) in [4.78, 5) is 16.8. The molecule has 2 aromatic rings. The van der Waals surface area contributed by atoms with Gasteiger partial charge in [-0.3, -0.25) is 0 Å².